The van der Waals surface area contributed by atoms with E-state index in [0.29, 0.717) is 5.17 Å². The molecule has 0 fully saturated rings. The Labute approximate surface area is 118 Å². The monoisotopic (exact) mass is 271 g/mol. The largest absolute Gasteiger partial charge is 0.378 e. The molecule has 0 saturated heterocycles. The summed E-state index contributed by atoms with van der Waals surface area (Å²) in [6.07, 6.45) is 1.83. The highest BCUT2D eigenvalue weighted by Gasteiger charge is 2.00. The van der Waals surface area contributed by atoms with E-state index in [2.05, 4.69) is 29.9 Å². The fourth-order valence-corrected chi connectivity index (χ4v) is 2.17. The molecule has 3 nitrogen and oxygen atoms in total. The first-order chi connectivity index (χ1) is 9.19. The van der Waals surface area contributed by atoms with Crippen LogP contribution in [-0.2, 0) is 0 Å². The highest BCUT2D eigenvalue weighted by Crippen LogP contribution is 2.22. The lowest BCUT2D eigenvalue weighted by Gasteiger charge is -2.03. The maximum atomic E-state index is 5.79. The van der Waals surface area contributed by atoms with Gasteiger partial charge < -0.3 is 5.73 Å². The number of hydrogen-bond donors (Lipinski definition) is 1. The minimum atomic E-state index is 0.601. The predicted molar refractivity (Wildman–Crippen MR) is 83.8 cm³/mol. The number of nitrogens with two attached hydrogens (primary N) is 1. The maximum Gasteiger partial charge on any atom is 0.159 e. The smallest absolute Gasteiger partial charge is 0.159 e. The van der Waals surface area contributed by atoms with E-state index >= 15 is 0 Å². The molecule has 0 spiro atoms. The van der Waals surface area contributed by atoms with Crippen molar-refractivity contribution >= 4 is 22.6 Å². The SMILES string of the molecule is CCSC(N)=Nc1ccc(-c2cc(C)ccn2)cc1. The summed E-state index contributed by atoms with van der Waals surface area (Å²) in [6.45, 7) is 4.12. The molecule has 19 heavy (non-hydrogen) atoms. The first kappa shape index (κ1) is 13.6. The second-order valence-electron chi connectivity index (χ2n) is 4.15. The molecule has 2 N–H and O–H groups in total. The number of benzene rings is 1. The van der Waals surface area contributed by atoms with Gasteiger partial charge in [-0.3, -0.25) is 4.98 Å². The zero-order chi connectivity index (χ0) is 13.7. The fourth-order valence-electron chi connectivity index (χ4n) is 1.71. The Hall–Kier alpha value is -1.81. The van der Waals surface area contributed by atoms with Gasteiger partial charge in [-0.05, 0) is 42.5 Å². The van der Waals surface area contributed by atoms with Gasteiger partial charge in [0, 0.05) is 11.8 Å². The highest BCUT2D eigenvalue weighted by molar-refractivity contribution is 8.13. The molecule has 0 aliphatic rings. The molecule has 98 valence electrons. The number of pyridine rings is 1. The number of aliphatic imine (C=N–C) groups is 1. The number of rotatable bonds is 3. The van der Waals surface area contributed by atoms with E-state index in [-0.39, 0.29) is 0 Å². The van der Waals surface area contributed by atoms with E-state index in [1.807, 2.05) is 36.5 Å². The summed E-state index contributed by atoms with van der Waals surface area (Å²) in [5.41, 5.74) is 9.93. The summed E-state index contributed by atoms with van der Waals surface area (Å²) >= 11 is 1.54. The Morgan fingerprint density at radius 2 is 2.00 bits per heavy atom. The van der Waals surface area contributed by atoms with Crippen LogP contribution in [0.25, 0.3) is 11.3 Å². The van der Waals surface area contributed by atoms with Crippen molar-refractivity contribution in [2.45, 2.75) is 13.8 Å². The van der Waals surface area contributed by atoms with E-state index in [0.717, 1.165) is 22.7 Å². The molecule has 0 bridgehead atoms. The van der Waals surface area contributed by atoms with Crippen molar-refractivity contribution in [2.24, 2.45) is 10.7 Å². The van der Waals surface area contributed by atoms with Gasteiger partial charge in [-0.1, -0.05) is 30.8 Å². The molecule has 2 rings (SSSR count). The molecule has 0 atom stereocenters. The van der Waals surface area contributed by atoms with Gasteiger partial charge in [-0.15, -0.1) is 0 Å². The van der Waals surface area contributed by atoms with E-state index in [9.17, 15) is 0 Å². The van der Waals surface area contributed by atoms with Crippen molar-refractivity contribution < 1.29 is 0 Å². The number of hydrogen-bond acceptors (Lipinski definition) is 3. The van der Waals surface area contributed by atoms with Crippen molar-refractivity contribution in [3.05, 3.63) is 48.2 Å². The molecule has 1 aromatic heterocycles. The molecule has 2 aromatic rings. The van der Waals surface area contributed by atoms with E-state index in [1.54, 1.807) is 11.8 Å². The van der Waals surface area contributed by atoms with Crippen molar-refractivity contribution in [1.82, 2.24) is 4.98 Å². The first-order valence-corrected chi connectivity index (χ1v) is 7.17. The summed E-state index contributed by atoms with van der Waals surface area (Å²) in [6, 6.07) is 12.0. The van der Waals surface area contributed by atoms with Crippen LogP contribution in [-0.4, -0.2) is 15.9 Å². The standard InChI is InChI=1S/C15H17N3S/c1-3-19-15(16)18-13-6-4-12(5-7-13)14-10-11(2)8-9-17-14/h4-10H,3H2,1-2H3,(H2,16,18). The van der Waals surface area contributed by atoms with Crippen molar-refractivity contribution in [3.63, 3.8) is 0 Å². The zero-order valence-corrected chi connectivity index (χ0v) is 11.9. The molecule has 1 aromatic carbocycles. The Morgan fingerprint density at radius 1 is 1.26 bits per heavy atom. The molecule has 0 aliphatic carbocycles. The van der Waals surface area contributed by atoms with Gasteiger partial charge in [-0.2, -0.15) is 0 Å². The Bertz CT molecular complexity index is 576. The molecule has 1 heterocycles. The van der Waals surface area contributed by atoms with Gasteiger partial charge in [0.1, 0.15) is 0 Å². The molecule has 0 aliphatic heterocycles. The van der Waals surface area contributed by atoms with Crippen LogP contribution in [0, 0.1) is 6.92 Å². The topological polar surface area (TPSA) is 51.3 Å². The van der Waals surface area contributed by atoms with Crippen molar-refractivity contribution in [3.8, 4) is 11.3 Å². The highest BCUT2D eigenvalue weighted by atomic mass is 32.2. The summed E-state index contributed by atoms with van der Waals surface area (Å²) in [5.74, 6) is 0.931. The van der Waals surface area contributed by atoms with Crippen LogP contribution in [0.2, 0.25) is 0 Å². The minimum absolute atomic E-state index is 0.601. The van der Waals surface area contributed by atoms with Gasteiger partial charge in [0.15, 0.2) is 5.17 Å². The molecule has 0 radical (unpaired) electrons. The first-order valence-electron chi connectivity index (χ1n) is 6.19. The van der Waals surface area contributed by atoms with Gasteiger partial charge in [-0.25, -0.2) is 4.99 Å². The Kier molecular flexibility index (Phi) is 4.58. The van der Waals surface area contributed by atoms with Gasteiger partial charge in [0.25, 0.3) is 0 Å². The van der Waals surface area contributed by atoms with Crippen LogP contribution in [0.3, 0.4) is 0 Å². The lowest BCUT2D eigenvalue weighted by molar-refractivity contribution is 1.29. The second kappa shape index (κ2) is 6.38. The van der Waals surface area contributed by atoms with Crippen LogP contribution < -0.4 is 5.73 Å². The summed E-state index contributed by atoms with van der Waals surface area (Å²) in [7, 11) is 0. The van der Waals surface area contributed by atoms with Crippen LogP contribution >= 0.6 is 11.8 Å². The van der Waals surface area contributed by atoms with Crippen molar-refractivity contribution in [2.75, 3.05) is 5.75 Å². The molecule has 0 amide bonds. The third-order valence-electron chi connectivity index (χ3n) is 2.61. The third-order valence-corrected chi connectivity index (χ3v) is 3.29. The van der Waals surface area contributed by atoms with Crippen LogP contribution in [0.1, 0.15) is 12.5 Å². The molecular formula is C15H17N3S. The zero-order valence-electron chi connectivity index (χ0n) is 11.1. The minimum Gasteiger partial charge on any atom is -0.378 e. The van der Waals surface area contributed by atoms with E-state index < -0.39 is 0 Å². The normalized spacial score (nSPS) is 11.6. The summed E-state index contributed by atoms with van der Waals surface area (Å²) in [5, 5.41) is 0.601. The van der Waals surface area contributed by atoms with E-state index in [4.69, 9.17) is 5.73 Å². The molecule has 0 saturated carbocycles. The average Bonchev–Trinajstić information content (AvgIpc) is 2.40. The number of amidine groups is 1. The van der Waals surface area contributed by atoms with Crippen molar-refractivity contribution in [1.29, 1.82) is 0 Å². The number of aryl methyl sites for hydroxylation is 1. The maximum absolute atomic E-state index is 5.79. The van der Waals surface area contributed by atoms with E-state index in [1.165, 1.54) is 5.56 Å². The van der Waals surface area contributed by atoms with Gasteiger partial charge in [0.05, 0.1) is 11.4 Å². The lowest BCUT2D eigenvalue weighted by atomic mass is 10.1. The van der Waals surface area contributed by atoms with Gasteiger partial charge >= 0.3 is 0 Å². The van der Waals surface area contributed by atoms with Crippen LogP contribution in [0.4, 0.5) is 5.69 Å². The molecule has 0 unspecified atom stereocenters. The number of aromatic nitrogens is 1. The van der Waals surface area contributed by atoms with Crippen LogP contribution in [0.5, 0.6) is 0 Å². The molecular weight excluding hydrogens is 254 g/mol. The number of nitrogens with zero attached hydrogens (tertiary/aromatic N) is 2. The third kappa shape index (κ3) is 3.83. The fraction of sp³-hybridized carbons (Fsp3) is 0.200. The van der Waals surface area contributed by atoms with Gasteiger partial charge in [0.2, 0.25) is 0 Å². The molecule has 4 heteroatoms. The van der Waals surface area contributed by atoms with Crippen LogP contribution in [0.15, 0.2) is 47.6 Å². The lowest BCUT2D eigenvalue weighted by Crippen LogP contribution is -2.05. The quantitative estimate of drug-likeness (QED) is 0.683. The summed E-state index contributed by atoms with van der Waals surface area (Å²) in [4.78, 5) is 8.70. The average molecular weight is 271 g/mol. The Balaban J connectivity index is 2.21. The number of thioether (sulfide) groups is 1. The summed E-state index contributed by atoms with van der Waals surface area (Å²) < 4.78 is 0. The Morgan fingerprint density at radius 3 is 2.63 bits per heavy atom. The second-order valence-corrected chi connectivity index (χ2v) is 5.43. The predicted octanol–water partition coefficient (Wildman–Crippen LogP) is 3.76.